The lowest BCUT2D eigenvalue weighted by molar-refractivity contribution is 0.0618. The van der Waals surface area contributed by atoms with Crippen molar-refractivity contribution in [1.29, 1.82) is 0 Å². The number of anilines is 1. The third-order valence-electron chi connectivity index (χ3n) is 6.26. The van der Waals surface area contributed by atoms with Gasteiger partial charge in [0.05, 0.1) is 5.52 Å². The topological polar surface area (TPSA) is 85.1 Å². The lowest BCUT2D eigenvalue weighted by atomic mass is 9.84. The second kappa shape index (κ2) is 7.33. The minimum Gasteiger partial charge on any atom is -0.362 e. The van der Waals surface area contributed by atoms with Crippen molar-refractivity contribution in [3.05, 3.63) is 23.9 Å². The van der Waals surface area contributed by atoms with Gasteiger partial charge in [0.2, 0.25) is 0 Å². The second-order valence-corrected chi connectivity index (χ2v) is 8.74. The van der Waals surface area contributed by atoms with E-state index in [0.717, 1.165) is 48.7 Å². The molecule has 3 saturated heterocycles. The molecule has 1 atom stereocenters. The summed E-state index contributed by atoms with van der Waals surface area (Å²) in [5.74, 6) is 1.25. The number of piperidine rings is 3. The molecule has 6 rings (SSSR count). The third kappa shape index (κ3) is 3.71. The van der Waals surface area contributed by atoms with Gasteiger partial charge in [0, 0.05) is 30.2 Å². The average molecular weight is 399 g/mol. The van der Waals surface area contributed by atoms with Crippen LogP contribution in [0.5, 0.6) is 0 Å². The summed E-state index contributed by atoms with van der Waals surface area (Å²) in [5.41, 5.74) is 2.16. The lowest BCUT2D eigenvalue weighted by Crippen LogP contribution is -2.57. The van der Waals surface area contributed by atoms with Crippen LogP contribution in [-0.4, -0.2) is 58.3 Å². The van der Waals surface area contributed by atoms with Gasteiger partial charge in [0.25, 0.3) is 5.91 Å². The number of hydrogen-bond acceptors (Lipinski definition) is 4. The molecule has 0 spiro atoms. The van der Waals surface area contributed by atoms with Crippen molar-refractivity contribution >= 4 is 39.8 Å². The molecule has 4 N–H and O–H groups in total. The van der Waals surface area contributed by atoms with E-state index in [2.05, 4.69) is 31.0 Å². The van der Waals surface area contributed by atoms with Gasteiger partial charge in [-0.15, -0.1) is 0 Å². The molecular weight excluding hydrogens is 372 g/mol. The normalized spacial score (nSPS) is 26.2. The number of carbonyl (C=O) groups excluding carboxylic acids is 1. The van der Waals surface area contributed by atoms with Gasteiger partial charge < -0.3 is 20.9 Å². The molecule has 8 heteroatoms. The number of nitrogens with one attached hydrogen (secondary N) is 4. The fourth-order valence-corrected chi connectivity index (χ4v) is 4.57. The Morgan fingerprint density at radius 2 is 2.07 bits per heavy atom. The number of hydrogen-bond donors (Lipinski definition) is 4. The van der Waals surface area contributed by atoms with E-state index in [1.54, 1.807) is 0 Å². The maximum absolute atomic E-state index is 12.9. The number of amides is 1. The Hall–Kier alpha value is -2.19. The first-order valence-corrected chi connectivity index (χ1v) is 10.6. The van der Waals surface area contributed by atoms with Crippen LogP contribution in [-0.2, 0) is 0 Å². The number of carbonyl (C=O) groups is 1. The van der Waals surface area contributed by atoms with Crippen LogP contribution < -0.4 is 16.0 Å². The van der Waals surface area contributed by atoms with Crippen molar-refractivity contribution < 1.29 is 4.79 Å². The number of H-pyrrole nitrogens is 1. The van der Waals surface area contributed by atoms with E-state index in [-0.39, 0.29) is 11.9 Å². The van der Waals surface area contributed by atoms with Gasteiger partial charge in [0.1, 0.15) is 0 Å². The number of fused-ring (bicyclic) bond motifs is 4. The summed E-state index contributed by atoms with van der Waals surface area (Å²) in [4.78, 5) is 15.3. The minimum atomic E-state index is -0.100. The van der Waals surface area contributed by atoms with Crippen molar-refractivity contribution in [2.24, 2.45) is 11.8 Å². The summed E-state index contributed by atoms with van der Waals surface area (Å²) >= 11 is 5.38. The summed E-state index contributed by atoms with van der Waals surface area (Å²) in [5, 5.41) is 18.4. The zero-order chi connectivity index (χ0) is 19.1. The van der Waals surface area contributed by atoms with Gasteiger partial charge in [0.15, 0.2) is 10.8 Å². The highest BCUT2D eigenvalue weighted by Gasteiger charge is 2.35. The molecule has 0 radical (unpaired) electrons. The molecule has 3 aliphatic heterocycles. The maximum atomic E-state index is 12.9. The Balaban J connectivity index is 1.28. The number of thiocarbonyl (C=S) groups is 1. The van der Waals surface area contributed by atoms with E-state index in [9.17, 15) is 4.79 Å². The highest BCUT2D eigenvalue weighted by Crippen LogP contribution is 2.29. The largest absolute Gasteiger partial charge is 0.362 e. The lowest BCUT2D eigenvalue weighted by Gasteiger charge is -2.44. The molecule has 2 bridgehead atoms. The summed E-state index contributed by atoms with van der Waals surface area (Å²) in [6.45, 7) is 4.19. The van der Waals surface area contributed by atoms with Crippen molar-refractivity contribution in [1.82, 2.24) is 25.7 Å². The number of nitrogens with zero attached hydrogens (tertiary/aromatic N) is 2. The summed E-state index contributed by atoms with van der Waals surface area (Å²) in [6.07, 6.45) is 4.92. The SMILES string of the molecule is O=C(NC1CN2CCC1CC2)c1n[nH]c2ccc(NC(=S)NCC3CC3)cc12. The zero-order valence-electron chi connectivity index (χ0n) is 15.8. The molecule has 4 heterocycles. The predicted octanol–water partition coefficient (Wildman–Crippen LogP) is 2.08. The molecule has 4 aliphatic rings. The van der Waals surface area contributed by atoms with Crippen molar-refractivity contribution in [3.63, 3.8) is 0 Å². The smallest absolute Gasteiger partial charge is 0.272 e. The van der Waals surface area contributed by atoms with Crippen LogP contribution in [0, 0.1) is 11.8 Å². The Labute approximate surface area is 169 Å². The van der Waals surface area contributed by atoms with E-state index in [0.29, 0.717) is 16.7 Å². The molecule has 1 aliphatic carbocycles. The van der Waals surface area contributed by atoms with Gasteiger partial charge >= 0.3 is 0 Å². The highest BCUT2D eigenvalue weighted by molar-refractivity contribution is 7.80. The van der Waals surface area contributed by atoms with Gasteiger partial charge in [-0.05, 0) is 81.0 Å². The Bertz CT molecular complexity index is 899. The molecule has 28 heavy (non-hydrogen) atoms. The Morgan fingerprint density at radius 1 is 1.25 bits per heavy atom. The molecule has 1 aromatic heterocycles. The molecule has 148 valence electrons. The van der Waals surface area contributed by atoms with Gasteiger partial charge in [-0.2, -0.15) is 5.10 Å². The first-order valence-electron chi connectivity index (χ1n) is 10.2. The quantitative estimate of drug-likeness (QED) is 0.577. The number of rotatable bonds is 5. The van der Waals surface area contributed by atoms with Gasteiger partial charge in [-0.3, -0.25) is 9.89 Å². The summed E-state index contributed by atoms with van der Waals surface area (Å²) < 4.78 is 0. The van der Waals surface area contributed by atoms with Crippen LogP contribution >= 0.6 is 12.2 Å². The van der Waals surface area contributed by atoms with E-state index in [1.807, 2.05) is 18.2 Å². The predicted molar refractivity (Wildman–Crippen MR) is 113 cm³/mol. The molecule has 1 aromatic carbocycles. The van der Waals surface area contributed by atoms with Crippen molar-refractivity contribution in [2.45, 2.75) is 31.7 Å². The summed E-state index contributed by atoms with van der Waals surface area (Å²) in [6, 6.07) is 6.04. The van der Waals surface area contributed by atoms with Crippen LogP contribution in [0.1, 0.15) is 36.2 Å². The molecule has 1 unspecified atom stereocenters. The number of aromatic nitrogens is 2. The molecule has 1 saturated carbocycles. The Kier molecular flexibility index (Phi) is 4.68. The molecule has 2 aromatic rings. The first kappa shape index (κ1) is 17.9. The standard InChI is InChI=1S/C20H26N6OS/c27-19(23-17-11-26-7-5-13(17)6-8-26)18-15-9-14(3-4-16(15)24-25-18)22-20(28)21-10-12-1-2-12/h3-4,9,12-13,17H,1-2,5-8,10-11H2,(H,23,27)(H,24,25)(H2,21,22,28). The second-order valence-electron chi connectivity index (χ2n) is 8.33. The highest BCUT2D eigenvalue weighted by atomic mass is 32.1. The van der Waals surface area contributed by atoms with Crippen LogP contribution in [0.2, 0.25) is 0 Å². The number of benzene rings is 1. The van der Waals surface area contributed by atoms with Gasteiger partial charge in [-0.1, -0.05) is 0 Å². The fourth-order valence-electron chi connectivity index (χ4n) is 4.36. The summed E-state index contributed by atoms with van der Waals surface area (Å²) in [7, 11) is 0. The van der Waals surface area contributed by atoms with Crippen LogP contribution in [0.25, 0.3) is 10.9 Å². The zero-order valence-corrected chi connectivity index (χ0v) is 16.6. The molecule has 7 nitrogen and oxygen atoms in total. The molecule has 1 amide bonds. The van der Waals surface area contributed by atoms with Crippen LogP contribution in [0.4, 0.5) is 5.69 Å². The van der Waals surface area contributed by atoms with E-state index in [4.69, 9.17) is 12.2 Å². The average Bonchev–Trinajstić information content (AvgIpc) is 3.45. The Morgan fingerprint density at radius 3 is 2.79 bits per heavy atom. The maximum Gasteiger partial charge on any atom is 0.272 e. The first-order chi connectivity index (χ1) is 13.7. The van der Waals surface area contributed by atoms with Crippen molar-refractivity contribution in [3.8, 4) is 0 Å². The van der Waals surface area contributed by atoms with Crippen molar-refractivity contribution in [2.75, 3.05) is 31.5 Å². The molecular formula is C20H26N6OS. The van der Waals surface area contributed by atoms with E-state index >= 15 is 0 Å². The monoisotopic (exact) mass is 398 g/mol. The van der Waals surface area contributed by atoms with E-state index in [1.165, 1.54) is 25.7 Å². The molecule has 4 fully saturated rings. The fraction of sp³-hybridized carbons (Fsp3) is 0.550. The number of aromatic amines is 1. The van der Waals surface area contributed by atoms with Gasteiger partial charge in [-0.25, -0.2) is 0 Å². The van der Waals surface area contributed by atoms with Crippen LogP contribution in [0.3, 0.4) is 0 Å². The minimum absolute atomic E-state index is 0.100. The van der Waals surface area contributed by atoms with E-state index < -0.39 is 0 Å². The van der Waals surface area contributed by atoms with Crippen LogP contribution in [0.15, 0.2) is 18.2 Å². The third-order valence-corrected chi connectivity index (χ3v) is 6.50.